The second-order valence-corrected chi connectivity index (χ2v) is 24.9. The first-order valence-electron chi connectivity index (χ1n) is 27.7. The number of hydrogen-bond acceptors (Lipinski definition) is 13. The van der Waals surface area contributed by atoms with Crippen LogP contribution in [0.4, 0.5) is 13.2 Å². The number of ether oxygens (including phenoxy) is 3. The molecule has 3 unspecified atom stereocenters. The molecule has 4 aromatic carbocycles. The number of halogens is 4. The van der Waals surface area contributed by atoms with Crippen LogP contribution in [-0.4, -0.2) is 111 Å². The molecule has 3 heterocycles. The van der Waals surface area contributed by atoms with Gasteiger partial charge in [0.1, 0.15) is 17.5 Å². The minimum atomic E-state index is -1.16. The lowest BCUT2D eigenvalue weighted by Gasteiger charge is -2.45. The zero-order chi connectivity index (χ0) is 57.8. The van der Waals surface area contributed by atoms with E-state index in [0.29, 0.717) is 39.5 Å². The van der Waals surface area contributed by atoms with Gasteiger partial charge in [-0.05, 0) is 206 Å². The number of likely N-dealkylation sites (N-methyl/N-ethyl adjacent to an activating group) is 3. The van der Waals surface area contributed by atoms with Gasteiger partial charge in [-0.1, -0.05) is 18.2 Å². The summed E-state index contributed by atoms with van der Waals surface area (Å²) in [5.74, 6) is -0.567. The molecule has 4 aromatic rings. The summed E-state index contributed by atoms with van der Waals surface area (Å²) in [4.78, 5) is 58.8. The number of carbonyl (C=O) groups is 3. The number of nitriles is 1. The highest BCUT2D eigenvalue weighted by atomic mass is 127. The van der Waals surface area contributed by atoms with E-state index in [1.165, 1.54) is 20.8 Å². The third-order valence-corrected chi connectivity index (χ3v) is 21.0. The van der Waals surface area contributed by atoms with Gasteiger partial charge in [-0.3, -0.25) is 29.1 Å². The monoisotopic (exact) mass is 1220 g/mol. The zero-order valence-corrected chi connectivity index (χ0v) is 48.7. The largest absolute Gasteiger partial charge is 0.381 e. The molecule has 6 spiro atoms. The normalized spacial score (nSPS) is 32.3. The van der Waals surface area contributed by atoms with E-state index >= 15 is 4.39 Å². The molecule has 13 rings (SSSR count). The van der Waals surface area contributed by atoms with Gasteiger partial charge in [0.05, 0.1) is 29.9 Å². The minimum absolute atomic E-state index is 0.0953. The lowest BCUT2D eigenvalue weighted by atomic mass is 9.61. The van der Waals surface area contributed by atoms with Gasteiger partial charge in [-0.15, -0.1) is 0 Å². The molecule has 20 heteroatoms. The fourth-order valence-corrected chi connectivity index (χ4v) is 16.3. The second-order valence-electron chi connectivity index (χ2n) is 23.7. The first-order chi connectivity index (χ1) is 38.6. The third kappa shape index (κ3) is 8.27. The van der Waals surface area contributed by atoms with Crippen LogP contribution in [0.2, 0.25) is 0 Å². The summed E-state index contributed by atoms with van der Waals surface area (Å²) >= 11 is 1.97. The van der Waals surface area contributed by atoms with Crippen molar-refractivity contribution in [2.24, 2.45) is 48.4 Å². The summed E-state index contributed by atoms with van der Waals surface area (Å²) in [6.07, 6.45) is 12.4. The van der Waals surface area contributed by atoms with Crippen LogP contribution in [0.3, 0.4) is 0 Å². The summed E-state index contributed by atoms with van der Waals surface area (Å²) in [5, 5.41) is 9.27. The van der Waals surface area contributed by atoms with Crippen LogP contribution in [0.15, 0.2) is 81.7 Å². The molecule has 0 saturated heterocycles. The van der Waals surface area contributed by atoms with Crippen LogP contribution < -0.4 is 17.2 Å². The van der Waals surface area contributed by atoms with Crippen molar-refractivity contribution >= 4 is 58.2 Å². The number of guanidine groups is 3. The number of hydrogen-bond donors (Lipinski definition) is 3. The molecule has 426 valence electrons. The highest BCUT2D eigenvalue weighted by Gasteiger charge is 2.69. The summed E-state index contributed by atoms with van der Waals surface area (Å²) in [6.45, 7) is 0. The van der Waals surface area contributed by atoms with Crippen molar-refractivity contribution in [3.8, 4) is 17.2 Å². The Kier molecular flexibility index (Phi) is 14.3. The second kappa shape index (κ2) is 20.5. The van der Waals surface area contributed by atoms with Crippen LogP contribution in [0.25, 0.3) is 11.1 Å². The molecule has 6 N–H and O–H groups in total. The average Bonchev–Trinajstić information content (AvgIpc) is 3.25. The van der Waals surface area contributed by atoms with Gasteiger partial charge in [0.15, 0.2) is 34.5 Å². The number of methoxy groups -OCH3 is 3. The fourth-order valence-electron chi connectivity index (χ4n) is 15.8. The molecular formula is C61H68F3IN10O6. The summed E-state index contributed by atoms with van der Waals surface area (Å²) in [7, 11) is 10.1. The lowest BCUT2D eigenvalue weighted by Crippen LogP contribution is -2.51. The Bertz CT molecular complexity index is 3420. The smallest absolute Gasteiger partial charge is 0.262 e. The van der Waals surface area contributed by atoms with Crippen molar-refractivity contribution in [1.82, 2.24) is 14.7 Å². The summed E-state index contributed by atoms with van der Waals surface area (Å²) < 4.78 is 60.4. The van der Waals surface area contributed by atoms with Gasteiger partial charge >= 0.3 is 0 Å². The molecule has 0 bridgehead atoms. The predicted molar refractivity (Wildman–Crippen MR) is 306 cm³/mol. The number of amides is 3. The maximum atomic E-state index is 15.3. The maximum Gasteiger partial charge on any atom is 0.262 e. The van der Waals surface area contributed by atoms with Gasteiger partial charge in [-0.2, -0.15) is 5.26 Å². The minimum Gasteiger partial charge on any atom is -0.381 e. The standard InChI is InChI=1S/C25H25FN4O2.C18H21FIN3O2.C18H22FN3O2/c1-30-22(31)25(29-23(30)28)20-12-19(16-5-3-4-15(10-16)14-27)21(26)11-17(20)13-24(25)8-6-18(32-2)7-9-24;1-23-15(24)18(22-16(23)21)12-8-14(20)13(19)7-10(12)9-17(18)5-3-11(25-2)4-6-17;1-22-15(23)18(21-16(22)20)14-4-3-12(19)9-11(14)10-17(18)7-5-13(24-2)6-8-17/h3-5,10-12,18H,6-9,13H2,1-2H3,(H2,28,29);7-8,11H,3-6,9H2,1-2H3,(H2,21,22);3-4,9,13H,5-8,10H2,1-2H3,(H2,20,21). The van der Waals surface area contributed by atoms with E-state index < -0.39 is 22.0 Å². The number of benzene rings is 4. The van der Waals surface area contributed by atoms with E-state index in [2.05, 4.69) is 11.1 Å². The van der Waals surface area contributed by atoms with Crippen molar-refractivity contribution in [2.45, 2.75) is 131 Å². The van der Waals surface area contributed by atoms with Gasteiger partial charge in [0, 0.05) is 67.9 Å². The van der Waals surface area contributed by atoms with Crippen molar-refractivity contribution in [3.05, 3.63) is 127 Å². The van der Waals surface area contributed by atoms with E-state index in [9.17, 15) is 28.4 Å². The molecular weight excluding hydrogens is 1150 g/mol. The molecule has 3 atom stereocenters. The molecule has 3 amide bonds. The van der Waals surface area contributed by atoms with E-state index in [-0.39, 0.29) is 82.2 Å². The van der Waals surface area contributed by atoms with E-state index in [0.717, 1.165) is 110 Å². The number of fused-ring (bicyclic) bond motifs is 9. The van der Waals surface area contributed by atoms with Crippen molar-refractivity contribution in [3.63, 3.8) is 0 Å². The Balaban J connectivity index is 0.000000130. The highest BCUT2D eigenvalue weighted by molar-refractivity contribution is 14.1. The first-order valence-corrected chi connectivity index (χ1v) is 28.8. The summed E-state index contributed by atoms with van der Waals surface area (Å²) in [6, 6.07) is 20.3. The number of rotatable bonds is 4. The molecule has 3 aliphatic heterocycles. The quantitative estimate of drug-likeness (QED) is 0.167. The van der Waals surface area contributed by atoms with Gasteiger partial charge in [-0.25, -0.2) is 28.1 Å². The molecule has 0 aromatic heterocycles. The van der Waals surface area contributed by atoms with Crippen molar-refractivity contribution in [1.29, 1.82) is 5.26 Å². The molecule has 0 radical (unpaired) electrons. The number of nitrogens with two attached hydrogens (primary N) is 3. The molecule has 9 aliphatic rings. The average molecular weight is 1220 g/mol. The fraction of sp³-hybridized carbons (Fsp3) is 0.492. The van der Waals surface area contributed by atoms with E-state index in [1.807, 2.05) is 22.6 Å². The third-order valence-electron chi connectivity index (χ3n) is 20.2. The Morgan fingerprint density at radius 1 is 0.556 bits per heavy atom. The van der Waals surface area contributed by atoms with Crippen molar-refractivity contribution < 1.29 is 41.8 Å². The SMILES string of the molecule is COC1CCC2(CC1)Cc1cc(F)c(-c3cccc(C#N)c3)cc1C21N=C(N)N(C)C1=O.COC1CCC2(CC1)Cc1cc(F)c(I)cc1C21N=C(N)N(C)C1=O.COC1CCC2(CC1)Cc1cc(F)ccc1C21N=C(N)N(C)C1=O. The zero-order valence-electron chi connectivity index (χ0n) is 46.5. The molecule has 16 nitrogen and oxygen atoms in total. The van der Waals surface area contributed by atoms with Crippen LogP contribution in [0, 0.1) is 48.6 Å². The van der Waals surface area contributed by atoms with Crippen LogP contribution in [0.5, 0.6) is 0 Å². The van der Waals surface area contributed by atoms with E-state index in [4.69, 9.17) is 41.4 Å². The Morgan fingerprint density at radius 3 is 1.35 bits per heavy atom. The van der Waals surface area contributed by atoms with Crippen LogP contribution in [0.1, 0.15) is 116 Å². The molecule has 3 fully saturated rings. The Labute approximate surface area is 483 Å². The van der Waals surface area contributed by atoms with Crippen LogP contribution in [-0.2, 0) is 64.5 Å². The Morgan fingerprint density at radius 2 is 0.951 bits per heavy atom. The van der Waals surface area contributed by atoms with Gasteiger partial charge < -0.3 is 31.4 Å². The predicted octanol–water partition coefficient (Wildman–Crippen LogP) is 7.96. The van der Waals surface area contributed by atoms with E-state index in [1.54, 1.807) is 103 Å². The van der Waals surface area contributed by atoms with Crippen molar-refractivity contribution in [2.75, 3.05) is 42.5 Å². The maximum absolute atomic E-state index is 15.3. The highest BCUT2D eigenvalue weighted by Crippen LogP contribution is 2.65. The number of nitrogens with zero attached hydrogens (tertiary/aromatic N) is 7. The van der Waals surface area contributed by atoms with Crippen LogP contribution >= 0.6 is 22.6 Å². The Hall–Kier alpha value is -6.41. The van der Waals surface area contributed by atoms with Gasteiger partial charge in [0.25, 0.3) is 17.7 Å². The molecule has 6 aliphatic carbocycles. The lowest BCUT2D eigenvalue weighted by molar-refractivity contribution is -0.138. The molecule has 81 heavy (non-hydrogen) atoms. The van der Waals surface area contributed by atoms with Gasteiger partial charge in [0.2, 0.25) is 0 Å². The number of aliphatic imine (C=N–C) groups is 3. The number of carbonyl (C=O) groups excluding carboxylic acids is 3. The first kappa shape index (κ1) is 56.5. The summed E-state index contributed by atoms with van der Waals surface area (Å²) in [5.41, 5.74) is 20.2. The molecule has 3 saturated carbocycles. The topological polar surface area (TPSA) is 228 Å².